The van der Waals surface area contributed by atoms with Gasteiger partial charge in [-0.15, -0.1) is 0 Å². The zero-order chi connectivity index (χ0) is 19.2. The lowest BCUT2D eigenvalue weighted by molar-refractivity contribution is 0.304. The number of nitrogens with zero attached hydrogens (tertiary/aromatic N) is 3. The molecule has 0 aromatic heterocycles. The molecule has 0 bridgehead atoms. The molecule has 0 saturated carbocycles. The fraction of sp³-hybridized carbons (Fsp3) is 0.435. The molecule has 0 fully saturated rings. The normalized spacial score (nSPS) is 10.8. The van der Waals surface area contributed by atoms with Crippen molar-refractivity contribution in [2.45, 2.75) is 58.3 Å². The van der Waals surface area contributed by atoms with E-state index in [1.165, 1.54) is 44.9 Å². The van der Waals surface area contributed by atoms with Crippen molar-refractivity contribution in [3.05, 3.63) is 54.1 Å². The van der Waals surface area contributed by atoms with E-state index in [2.05, 4.69) is 23.2 Å². The van der Waals surface area contributed by atoms with Crippen LogP contribution in [0.15, 0.2) is 58.8 Å². The highest BCUT2D eigenvalue weighted by Crippen LogP contribution is 2.21. The minimum absolute atomic E-state index is 0.618. The molecule has 0 saturated heterocycles. The van der Waals surface area contributed by atoms with E-state index in [9.17, 15) is 0 Å². The molecule has 2 aromatic carbocycles. The van der Waals surface area contributed by atoms with Crippen LogP contribution in [0.1, 0.15) is 63.9 Å². The summed E-state index contributed by atoms with van der Waals surface area (Å²) in [5.74, 6) is 0.871. The molecular formula is C23H29N3O. The molecule has 0 amide bonds. The van der Waals surface area contributed by atoms with E-state index in [4.69, 9.17) is 10.00 Å². The number of nitriles is 1. The smallest absolute Gasteiger partial charge is 0.119 e. The van der Waals surface area contributed by atoms with E-state index in [0.717, 1.165) is 30.2 Å². The van der Waals surface area contributed by atoms with Gasteiger partial charge < -0.3 is 4.74 Å². The molecule has 0 aliphatic rings. The number of azo groups is 1. The number of ether oxygens (including phenoxy) is 1. The lowest BCUT2D eigenvalue weighted by atomic mass is 10.1. The highest BCUT2D eigenvalue weighted by atomic mass is 16.5. The molecular weight excluding hydrogens is 334 g/mol. The Hall–Kier alpha value is -2.67. The lowest BCUT2D eigenvalue weighted by Gasteiger charge is -2.06. The van der Waals surface area contributed by atoms with Gasteiger partial charge in [-0.05, 0) is 55.0 Å². The van der Waals surface area contributed by atoms with Crippen LogP contribution >= 0.6 is 0 Å². The van der Waals surface area contributed by atoms with Gasteiger partial charge in [-0.1, -0.05) is 51.9 Å². The molecule has 0 radical (unpaired) electrons. The molecule has 142 valence electrons. The van der Waals surface area contributed by atoms with E-state index in [1.54, 1.807) is 24.3 Å². The standard InChI is InChI=1S/C23H29N3O/c1-2-3-4-5-6-7-8-9-18-27-23-16-14-22(15-17-23)26-25-21-12-10-20(19-24)11-13-21/h10-17H,2-9,18H2,1H3. The Morgan fingerprint density at radius 3 is 1.81 bits per heavy atom. The Labute approximate surface area is 162 Å². The molecule has 0 N–H and O–H groups in total. The largest absolute Gasteiger partial charge is 0.494 e. The highest BCUT2D eigenvalue weighted by molar-refractivity contribution is 5.44. The maximum atomic E-state index is 8.79. The highest BCUT2D eigenvalue weighted by Gasteiger charge is 1.97. The predicted molar refractivity (Wildman–Crippen MR) is 110 cm³/mol. The van der Waals surface area contributed by atoms with Crippen LogP contribution in [0.5, 0.6) is 5.75 Å². The Kier molecular flexibility index (Phi) is 9.67. The van der Waals surface area contributed by atoms with Crippen molar-refractivity contribution < 1.29 is 4.74 Å². The minimum Gasteiger partial charge on any atom is -0.494 e. The first kappa shape index (κ1) is 20.6. The van der Waals surface area contributed by atoms with Crippen LogP contribution < -0.4 is 4.74 Å². The van der Waals surface area contributed by atoms with Crippen molar-refractivity contribution in [3.63, 3.8) is 0 Å². The second kappa shape index (κ2) is 12.6. The van der Waals surface area contributed by atoms with Gasteiger partial charge in [0.15, 0.2) is 0 Å². The molecule has 0 aliphatic carbocycles. The number of hydrogen-bond acceptors (Lipinski definition) is 4. The van der Waals surface area contributed by atoms with Crippen molar-refractivity contribution >= 4 is 11.4 Å². The maximum Gasteiger partial charge on any atom is 0.119 e. The summed E-state index contributed by atoms with van der Waals surface area (Å²) in [6.45, 7) is 3.02. The van der Waals surface area contributed by atoms with Gasteiger partial charge in [-0.25, -0.2) is 0 Å². The van der Waals surface area contributed by atoms with Crippen molar-refractivity contribution in [2.75, 3.05) is 6.61 Å². The maximum absolute atomic E-state index is 8.79. The molecule has 4 heteroatoms. The minimum atomic E-state index is 0.618. The Balaban J connectivity index is 1.64. The second-order valence-corrected chi connectivity index (χ2v) is 6.68. The summed E-state index contributed by atoms with van der Waals surface area (Å²) in [5, 5.41) is 17.2. The average Bonchev–Trinajstić information content (AvgIpc) is 2.72. The fourth-order valence-electron chi connectivity index (χ4n) is 2.75. The Bertz CT molecular complexity index is 715. The van der Waals surface area contributed by atoms with Crippen LogP contribution in [0.2, 0.25) is 0 Å². The first-order valence-corrected chi connectivity index (χ1v) is 9.96. The molecule has 0 aliphatic heterocycles. The zero-order valence-corrected chi connectivity index (χ0v) is 16.2. The van der Waals surface area contributed by atoms with Gasteiger partial charge in [-0.2, -0.15) is 15.5 Å². The predicted octanol–water partition coefficient (Wildman–Crippen LogP) is 7.49. The van der Waals surface area contributed by atoms with Gasteiger partial charge in [0.2, 0.25) is 0 Å². The van der Waals surface area contributed by atoms with E-state index in [1.807, 2.05) is 24.3 Å². The average molecular weight is 364 g/mol. The van der Waals surface area contributed by atoms with E-state index < -0.39 is 0 Å². The first-order valence-electron chi connectivity index (χ1n) is 9.96. The zero-order valence-electron chi connectivity index (χ0n) is 16.2. The van der Waals surface area contributed by atoms with E-state index in [-0.39, 0.29) is 0 Å². The van der Waals surface area contributed by atoms with Crippen LogP contribution in [0.3, 0.4) is 0 Å². The molecule has 27 heavy (non-hydrogen) atoms. The summed E-state index contributed by atoms with van der Waals surface area (Å²) in [5.41, 5.74) is 2.12. The van der Waals surface area contributed by atoms with E-state index >= 15 is 0 Å². The number of hydrogen-bond donors (Lipinski definition) is 0. The quantitative estimate of drug-likeness (QED) is 0.289. The third-order valence-corrected chi connectivity index (χ3v) is 4.38. The Morgan fingerprint density at radius 2 is 1.26 bits per heavy atom. The van der Waals surface area contributed by atoms with Crippen LogP contribution in [-0.4, -0.2) is 6.61 Å². The third kappa shape index (κ3) is 8.50. The number of rotatable bonds is 12. The van der Waals surface area contributed by atoms with Crippen LogP contribution in [-0.2, 0) is 0 Å². The molecule has 4 nitrogen and oxygen atoms in total. The SMILES string of the molecule is CCCCCCCCCCOc1ccc(N=Nc2ccc(C#N)cc2)cc1. The summed E-state index contributed by atoms with van der Waals surface area (Å²) in [7, 11) is 0. The molecule has 0 atom stereocenters. The third-order valence-electron chi connectivity index (χ3n) is 4.38. The van der Waals surface area contributed by atoms with Crippen LogP contribution in [0.25, 0.3) is 0 Å². The van der Waals surface area contributed by atoms with Gasteiger partial charge in [0, 0.05) is 0 Å². The van der Waals surface area contributed by atoms with Crippen LogP contribution in [0.4, 0.5) is 11.4 Å². The topological polar surface area (TPSA) is 57.7 Å². The summed E-state index contributed by atoms with van der Waals surface area (Å²) in [6.07, 6.45) is 10.4. The fourth-order valence-corrected chi connectivity index (χ4v) is 2.75. The van der Waals surface area contributed by atoms with Gasteiger partial charge in [0.25, 0.3) is 0 Å². The van der Waals surface area contributed by atoms with Crippen molar-refractivity contribution in [1.82, 2.24) is 0 Å². The lowest BCUT2D eigenvalue weighted by Crippen LogP contribution is -1.96. The first-order chi connectivity index (χ1) is 13.3. The summed E-state index contributed by atoms with van der Waals surface area (Å²) in [6, 6.07) is 16.8. The van der Waals surface area contributed by atoms with Crippen molar-refractivity contribution in [2.24, 2.45) is 10.2 Å². The van der Waals surface area contributed by atoms with E-state index in [0.29, 0.717) is 5.56 Å². The summed E-state index contributed by atoms with van der Waals surface area (Å²) in [4.78, 5) is 0. The van der Waals surface area contributed by atoms with Crippen LogP contribution in [0, 0.1) is 11.3 Å². The van der Waals surface area contributed by atoms with Gasteiger partial charge in [-0.3, -0.25) is 0 Å². The Morgan fingerprint density at radius 1 is 0.741 bits per heavy atom. The van der Waals surface area contributed by atoms with Crippen molar-refractivity contribution in [1.29, 1.82) is 5.26 Å². The number of benzene rings is 2. The second-order valence-electron chi connectivity index (χ2n) is 6.68. The van der Waals surface area contributed by atoms with Crippen molar-refractivity contribution in [3.8, 4) is 11.8 Å². The summed E-state index contributed by atoms with van der Waals surface area (Å²) < 4.78 is 5.79. The molecule has 2 rings (SSSR count). The van der Waals surface area contributed by atoms with Gasteiger partial charge >= 0.3 is 0 Å². The molecule has 0 heterocycles. The summed E-state index contributed by atoms with van der Waals surface area (Å²) >= 11 is 0. The molecule has 2 aromatic rings. The van der Waals surface area contributed by atoms with Gasteiger partial charge in [0.05, 0.1) is 29.6 Å². The molecule has 0 unspecified atom stereocenters. The number of unbranched alkanes of at least 4 members (excludes halogenated alkanes) is 7. The monoisotopic (exact) mass is 363 g/mol. The van der Waals surface area contributed by atoms with Gasteiger partial charge in [0.1, 0.15) is 5.75 Å². The molecule has 0 spiro atoms.